The molecule has 4 aliphatic carbocycles. The normalized spacial score (nSPS) is 54.9. The third-order valence-electron chi connectivity index (χ3n) is 8.75. The highest BCUT2D eigenvalue weighted by Crippen LogP contribution is 2.78. The summed E-state index contributed by atoms with van der Waals surface area (Å²) in [6, 6.07) is 0. The molecule has 4 heteroatoms. The van der Waals surface area contributed by atoms with Gasteiger partial charge >= 0.3 is 11.9 Å². The second-order valence-corrected chi connectivity index (χ2v) is 9.47. The van der Waals surface area contributed by atoms with Crippen molar-refractivity contribution >= 4 is 11.9 Å². The number of cyclic esters (lactones) is 1. The highest BCUT2D eigenvalue weighted by Gasteiger charge is 2.78. The minimum absolute atomic E-state index is 0.0628. The summed E-state index contributed by atoms with van der Waals surface area (Å²) >= 11 is 0. The van der Waals surface area contributed by atoms with Crippen molar-refractivity contribution in [2.24, 2.45) is 39.9 Å². The van der Waals surface area contributed by atoms with Gasteiger partial charge in [-0.15, -0.1) is 0 Å². The van der Waals surface area contributed by atoms with E-state index in [-0.39, 0.29) is 22.7 Å². The van der Waals surface area contributed by atoms with Crippen LogP contribution in [0.15, 0.2) is 12.2 Å². The summed E-state index contributed by atoms with van der Waals surface area (Å²) in [6.07, 6.45) is 6.85. The molecule has 1 spiro atoms. The molecule has 130 valence electrons. The molecule has 5 fully saturated rings. The average Bonchev–Trinajstić information content (AvgIpc) is 2.93. The van der Waals surface area contributed by atoms with Crippen LogP contribution in [0.4, 0.5) is 0 Å². The van der Waals surface area contributed by atoms with E-state index in [9.17, 15) is 14.7 Å². The number of ether oxygens (including phenoxy) is 1. The van der Waals surface area contributed by atoms with Crippen LogP contribution in [0.3, 0.4) is 0 Å². The first-order valence-corrected chi connectivity index (χ1v) is 9.43. The largest absolute Gasteiger partial charge is 0.481 e. The Morgan fingerprint density at radius 2 is 2.08 bits per heavy atom. The van der Waals surface area contributed by atoms with Crippen molar-refractivity contribution in [2.75, 3.05) is 6.61 Å². The van der Waals surface area contributed by atoms with Crippen LogP contribution >= 0.6 is 0 Å². The Bertz CT molecular complexity index is 669. The molecule has 0 aromatic carbocycles. The van der Waals surface area contributed by atoms with Crippen molar-refractivity contribution in [1.82, 2.24) is 0 Å². The number of hydrogen-bond donors (Lipinski definition) is 1. The first-order chi connectivity index (χ1) is 11.4. The van der Waals surface area contributed by atoms with E-state index < -0.39 is 17.3 Å². The molecule has 24 heavy (non-hydrogen) atoms. The van der Waals surface area contributed by atoms with Gasteiger partial charge in [0.05, 0.1) is 17.9 Å². The summed E-state index contributed by atoms with van der Waals surface area (Å²) in [5.41, 5.74) is 0.339. The maximum Gasteiger partial charge on any atom is 0.312 e. The van der Waals surface area contributed by atoms with Gasteiger partial charge in [-0.1, -0.05) is 18.6 Å². The fourth-order valence-corrected chi connectivity index (χ4v) is 8.18. The molecule has 0 radical (unpaired) electrons. The van der Waals surface area contributed by atoms with Crippen LogP contribution < -0.4 is 0 Å². The van der Waals surface area contributed by atoms with E-state index in [1.165, 1.54) is 5.57 Å². The van der Waals surface area contributed by atoms with E-state index in [0.717, 1.165) is 44.9 Å². The lowest BCUT2D eigenvalue weighted by Gasteiger charge is -2.55. The van der Waals surface area contributed by atoms with Gasteiger partial charge in [0.25, 0.3) is 0 Å². The van der Waals surface area contributed by atoms with Gasteiger partial charge in [-0.25, -0.2) is 0 Å². The van der Waals surface area contributed by atoms with Crippen LogP contribution in [-0.2, 0) is 14.3 Å². The Labute approximate surface area is 142 Å². The fraction of sp³-hybridized carbons (Fsp3) is 0.800. The van der Waals surface area contributed by atoms with Crippen molar-refractivity contribution in [1.29, 1.82) is 0 Å². The monoisotopic (exact) mass is 330 g/mol. The van der Waals surface area contributed by atoms with Crippen molar-refractivity contribution in [3.05, 3.63) is 12.2 Å². The van der Waals surface area contributed by atoms with Crippen molar-refractivity contribution in [2.45, 2.75) is 51.9 Å². The molecular formula is C20H26O4. The van der Waals surface area contributed by atoms with Gasteiger partial charge in [0.15, 0.2) is 0 Å². The molecule has 0 amide bonds. The quantitative estimate of drug-likeness (QED) is 0.591. The molecule has 4 nitrogen and oxygen atoms in total. The molecule has 5 rings (SSSR count). The molecular weight excluding hydrogens is 304 g/mol. The van der Waals surface area contributed by atoms with Crippen molar-refractivity contribution in [3.8, 4) is 0 Å². The van der Waals surface area contributed by atoms with Crippen LogP contribution in [-0.4, -0.2) is 23.7 Å². The molecule has 4 saturated carbocycles. The number of carboxylic acid groups (broad SMARTS) is 1. The number of carbonyl (C=O) groups excluding carboxylic acids is 1. The van der Waals surface area contributed by atoms with Gasteiger partial charge in [0.1, 0.15) is 0 Å². The zero-order chi connectivity index (χ0) is 16.9. The third kappa shape index (κ3) is 1.40. The molecule has 0 aromatic heterocycles. The van der Waals surface area contributed by atoms with Crippen LogP contribution in [0, 0.1) is 39.9 Å². The average molecular weight is 330 g/mol. The summed E-state index contributed by atoms with van der Waals surface area (Å²) in [6.45, 7) is 6.72. The van der Waals surface area contributed by atoms with Gasteiger partial charge in [-0.2, -0.15) is 0 Å². The Hall–Kier alpha value is -1.32. The third-order valence-corrected chi connectivity index (χ3v) is 8.75. The lowest BCUT2D eigenvalue weighted by Crippen LogP contribution is -2.58. The topological polar surface area (TPSA) is 63.6 Å². The minimum atomic E-state index is -0.690. The van der Waals surface area contributed by atoms with Crippen LogP contribution in [0.1, 0.15) is 51.9 Å². The summed E-state index contributed by atoms with van der Waals surface area (Å²) in [5.74, 6) is -0.458. The molecule has 4 bridgehead atoms. The molecule has 1 aliphatic heterocycles. The highest BCUT2D eigenvalue weighted by atomic mass is 16.5. The number of rotatable bonds is 1. The standard InChI is InChI=1S/C20H26O4/c1-11-8-20-9-12(11)4-5-13(20)19-7-3-6-18(2,17(23)24-10-19)15(19)14(20)16(21)22/h12-15H,1,3-10H2,2H3,(H,21,22)/t12-,13-,14+,15+,18-,19-,20+/m0/s1. The van der Waals surface area contributed by atoms with Crippen LogP contribution in [0.2, 0.25) is 0 Å². The molecule has 1 N–H and O–H groups in total. The smallest absolute Gasteiger partial charge is 0.312 e. The Morgan fingerprint density at radius 3 is 2.83 bits per heavy atom. The number of allylic oxidation sites excluding steroid dienone is 1. The zero-order valence-corrected chi connectivity index (χ0v) is 14.3. The summed E-state index contributed by atoms with van der Waals surface area (Å²) < 4.78 is 5.71. The van der Waals surface area contributed by atoms with E-state index >= 15 is 0 Å². The second-order valence-electron chi connectivity index (χ2n) is 9.47. The predicted octanol–water partition coefficient (Wildman–Crippen LogP) is 3.41. The molecule has 1 saturated heterocycles. The van der Waals surface area contributed by atoms with Crippen LogP contribution in [0.25, 0.3) is 0 Å². The first-order valence-electron chi connectivity index (χ1n) is 9.43. The molecule has 0 aromatic rings. The van der Waals surface area contributed by atoms with Gasteiger partial charge in [-0.05, 0) is 68.6 Å². The Kier molecular flexibility index (Phi) is 2.66. The Morgan fingerprint density at radius 1 is 1.29 bits per heavy atom. The van der Waals surface area contributed by atoms with E-state index in [1.807, 2.05) is 6.92 Å². The minimum Gasteiger partial charge on any atom is -0.481 e. The molecule has 1 heterocycles. The number of hydrogen-bond acceptors (Lipinski definition) is 3. The number of carbonyl (C=O) groups is 2. The zero-order valence-electron chi connectivity index (χ0n) is 14.3. The maximum atomic E-state index is 12.7. The summed E-state index contributed by atoms with van der Waals surface area (Å²) in [4.78, 5) is 25.2. The Balaban J connectivity index is 1.75. The highest BCUT2D eigenvalue weighted by molar-refractivity contribution is 5.82. The maximum absolute atomic E-state index is 12.7. The number of esters is 1. The number of fused-ring (bicyclic) bond motifs is 1. The van der Waals surface area contributed by atoms with Gasteiger partial charge in [-0.3, -0.25) is 9.59 Å². The SMILES string of the molecule is C=C1C[C@@]23C[C@@H]1CC[C@H]2[C@]12CCC[C@](C)(C(=O)OC1)[C@H]2[C@@H]3C(=O)O. The molecule has 0 unspecified atom stereocenters. The first kappa shape index (κ1) is 15.0. The molecule has 7 atom stereocenters. The predicted molar refractivity (Wildman–Crippen MR) is 87.0 cm³/mol. The van der Waals surface area contributed by atoms with Gasteiger partial charge in [0, 0.05) is 5.41 Å². The van der Waals surface area contributed by atoms with Gasteiger partial charge in [0.2, 0.25) is 0 Å². The van der Waals surface area contributed by atoms with Crippen LogP contribution in [0.5, 0.6) is 0 Å². The van der Waals surface area contributed by atoms with Gasteiger partial charge < -0.3 is 9.84 Å². The lowest BCUT2D eigenvalue weighted by molar-refractivity contribution is -0.200. The molecule has 5 aliphatic rings. The number of aliphatic carboxylic acids is 1. The number of carboxylic acids is 1. The summed E-state index contributed by atoms with van der Waals surface area (Å²) in [5, 5.41) is 10.3. The van der Waals surface area contributed by atoms with Crippen molar-refractivity contribution in [3.63, 3.8) is 0 Å². The van der Waals surface area contributed by atoms with E-state index in [1.54, 1.807) is 0 Å². The second kappa shape index (κ2) is 4.25. The van der Waals surface area contributed by atoms with E-state index in [2.05, 4.69) is 6.58 Å². The summed E-state index contributed by atoms with van der Waals surface area (Å²) in [7, 11) is 0. The lowest BCUT2D eigenvalue weighted by atomic mass is 9.51. The fourth-order valence-electron chi connectivity index (χ4n) is 8.18. The van der Waals surface area contributed by atoms with E-state index in [0.29, 0.717) is 18.4 Å². The van der Waals surface area contributed by atoms with E-state index in [4.69, 9.17) is 4.74 Å². The van der Waals surface area contributed by atoms with Crippen molar-refractivity contribution < 1.29 is 19.4 Å².